The van der Waals surface area contributed by atoms with Gasteiger partial charge in [-0.1, -0.05) is 0 Å². The minimum Gasteiger partial charge on any atom is -0.395 e. The molecule has 0 aliphatic heterocycles. The highest BCUT2D eigenvalue weighted by Crippen LogP contribution is 2.33. The van der Waals surface area contributed by atoms with Crippen molar-refractivity contribution in [3.05, 3.63) is 33.2 Å². The van der Waals surface area contributed by atoms with E-state index in [1.165, 1.54) is 4.88 Å². The molecule has 1 aromatic carbocycles. The van der Waals surface area contributed by atoms with Crippen LogP contribution in [0.3, 0.4) is 0 Å². The fraction of sp³-hybridized carbons (Fsp3) is 0.286. The van der Waals surface area contributed by atoms with E-state index in [-0.39, 0.29) is 6.04 Å². The van der Waals surface area contributed by atoms with Crippen LogP contribution < -0.4 is 11.1 Å². The SMILES string of the molecule is Cc1nc(C)c(C(C)Nc2ccc3scnc3c2N)s1. The van der Waals surface area contributed by atoms with Crippen LogP contribution in [0.25, 0.3) is 10.2 Å². The molecule has 0 aliphatic rings. The van der Waals surface area contributed by atoms with E-state index >= 15 is 0 Å². The van der Waals surface area contributed by atoms with Crippen molar-refractivity contribution in [1.29, 1.82) is 0 Å². The third kappa shape index (κ3) is 2.25. The normalized spacial score (nSPS) is 12.8. The van der Waals surface area contributed by atoms with Crippen molar-refractivity contribution >= 4 is 44.3 Å². The maximum Gasteiger partial charge on any atom is 0.106 e. The number of rotatable bonds is 3. The fourth-order valence-corrected chi connectivity index (χ4v) is 3.95. The Kier molecular flexibility index (Phi) is 3.35. The Morgan fingerprint density at radius 1 is 1.30 bits per heavy atom. The van der Waals surface area contributed by atoms with E-state index in [9.17, 15) is 0 Å². The highest BCUT2D eigenvalue weighted by molar-refractivity contribution is 7.16. The average molecular weight is 304 g/mol. The minimum atomic E-state index is 0.180. The van der Waals surface area contributed by atoms with Crippen LogP contribution in [0.5, 0.6) is 0 Å². The highest BCUT2D eigenvalue weighted by Gasteiger charge is 2.15. The minimum absolute atomic E-state index is 0.180. The molecular formula is C14H16N4S2. The number of hydrogen-bond donors (Lipinski definition) is 2. The molecule has 0 bridgehead atoms. The average Bonchev–Trinajstić information content (AvgIpc) is 2.99. The molecule has 0 fully saturated rings. The summed E-state index contributed by atoms with van der Waals surface area (Å²) in [5.74, 6) is 0. The monoisotopic (exact) mass is 304 g/mol. The fourth-order valence-electron chi connectivity index (χ4n) is 2.33. The molecule has 3 rings (SSSR count). The van der Waals surface area contributed by atoms with Crippen molar-refractivity contribution in [2.45, 2.75) is 26.8 Å². The number of anilines is 2. The summed E-state index contributed by atoms with van der Waals surface area (Å²) in [6, 6.07) is 4.26. The van der Waals surface area contributed by atoms with Gasteiger partial charge in [-0.2, -0.15) is 0 Å². The van der Waals surface area contributed by atoms with Gasteiger partial charge in [-0.3, -0.25) is 0 Å². The van der Waals surface area contributed by atoms with Crippen LogP contribution in [0.15, 0.2) is 17.6 Å². The predicted octanol–water partition coefficient (Wildman–Crippen LogP) is 4.12. The lowest BCUT2D eigenvalue weighted by atomic mass is 10.2. The smallest absolute Gasteiger partial charge is 0.106 e. The molecule has 0 saturated heterocycles. The summed E-state index contributed by atoms with van der Waals surface area (Å²) in [7, 11) is 0. The van der Waals surface area contributed by atoms with Crippen molar-refractivity contribution in [1.82, 2.24) is 9.97 Å². The topological polar surface area (TPSA) is 63.8 Å². The Hall–Kier alpha value is -1.66. The molecule has 0 amide bonds. The molecule has 6 heteroatoms. The summed E-state index contributed by atoms with van der Waals surface area (Å²) < 4.78 is 1.12. The van der Waals surface area contributed by atoms with E-state index in [4.69, 9.17) is 5.73 Å². The number of nitrogens with two attached hydrogens (primary N) is 1. The Balaban J connectivity index is 1.92. The number of aryl methyl sites for hydroxylation is 2. The van der Waals surface area contributed by atoms with Crippen LogP contribution in [0.2, 0.25) is 0 Å². The number of aromatic nitrogens is 2. The molecule has 4 nitrogen and oxygen atoms in total. The number of hydrogen-bond acceptors (Lipinski definition) is 6. The molecule has 1 atom stereocenters. The van der Waals surface area contributed by atoms with Crippen molar-refractivity contribution in [3.8, 4) is 0 Å². The Morgan fingerprint density at radius 3 is 2.80 bits per heavy atom. The van der Waals surface area contributed by atoms with E-state index in [2.05, 4.69) is 28.3 Å². The van der Waals surface area contributed by atoms with E-state index < -0.39 is 0 Å². The van der Waals surface area contributed by atoms with Gasteiger partial charge in [0.05, 0.1) is 38.3 Å². The van der Waals surface area contributed by atoms with Crippen molar-refractivity contribution in [2.75, 3.05) is 11.1 Å². The van der Waals surface area contributed by atoms with Crippen molar-refractivity contribution in [2.24, 2.45) is 0 Å². The van der Waals surface area contributed by atoms with Gasteiger partial charge in [0.2, 0.25) is 0 Å². The van der Waals surface area contributed by atoms with Gasteiger partial charge in [-0.15, -0.1) is 22.7 Å². The number of thiazole rings is 2. The lowest BCUT2D eigenvalue weighted by Gasteiger charge is -2.16. The molecule has 2 heterocycles. The van der Waals surface area contributed by atoms with Crippen LogP contribution in [0.4, 0.5) is 11.4 Å². The van der Waals surface area contributed by atoms with Crippen LogP contribution in [-0.4, -0.2) is 9.97 Å². The van der Waals surface area contributed by atoms with Gasteiger partial charge < -0.3 is 11.1 Å². The summed E-state index contributed by atoms with van der Waals surface area (Å²) in [5, 5.41) is 4.56. The predicted molar refractivity (Wildman–Crippen MR) is 87.7 cm³/mol. The van der Waals surface area contributed by atoms with Crippen LogP contribution in [0.1, 0.15) is 28.5 Å². The van der Waals surface area contributed by atoms with Crippen molar-refractivity contribution < 1.29 is 0 Å². The zero-order chi connectivity index (χ0) is 14.3. The van der Waals surface area contributed by atoms with Gasteiger partial charge in [0, 0.05) is 4.88 Å². The number of benzene rings is 1. The van der Waals surface area contributed by atoms with Gasteiger partial charge in [-0.05, 0) is 32.9 Å². The molecule has 3 aromatic rings. The summed E-state index contributed by atoms with van der Waals surface area (Å²) >= 11 is 3.33. The molecule has 0 saturated carbocycles. The van der Waals surface area contributed by atoms with E-state index in [1.54, 1.807) is 22.7 Å². The van der Waals surface area contributed by atoms with Crippen molar-refractivity contribution in [3.63, 3.8) is 0 Å². The molecular weight excluding hydrogens is 288 g/mol. The maximum atomic E-state index is 6.20. The number of nitrogens with zero attached hydrogens (tertiary/aromatic N) is 2. The molecule has 104 valence electrons. The summed E-state index contributed by atoms with van der Waals surface area (Å²) in [6.07, 6.45) is 0. The largest absolute Gasteiger partial charge is 0.395 e. The first-order valence-electron chi connectivity index (χ1n) is 6.38. The second-order valence-corrected chi connectivity index (χ2v) is 6.90. The molecule has 0 aliphatic carbocycles. The standard InChI is InChI=1S/C14H16N4S2/c1-7-14(20-9(3)17-7)8(2)18-10-4-5-11-13(12(10)15)16-6-19-11/h4-6,8,18H,15H2,1-3H3. The van der Waals surface area contributed by atoms with Gasteiger partial charge >= 0.3 is 0 Å². The third-order valence-electron chi connectivity index (χ3n) is 3.25. The number of nitrogen functional groups attached to an aromatic ring is 1. The van der Waals surface area contributed by atoms with E-state index in [1.807, 2.05) is 25.4 Å². The zero-order valence-electron chi connectivity index (χ0n) is 11.6. The van der Waals surface area contributed by atoms with Gasteiger partial charge in [0.15, 0.2) is 0 Å². The summed E-state index contributed by atoms with van der Waals surface area (Å²) in [6.45, 7) is 6.21. The molecule has 1 unspecified atom stereocenters. The number of fused-ring (bicyclic) bond motifs is 1. The zero-order valence-corrected chi connectivity index (χ0v) is 13.2. The second kappa shape index (κ2) is 5.03. The first kappa shape index (κ1) is 13.3. The molecule has 0 radical (unpaired) electrons. The molecule has 3 N–H and O–H groups in total. The number of nitrogens with one attached hydrogen (secondary N) is 1. The van der Waals surface area contributed by atoms with E-state index in [0.29, 0.717) is 0 Å². The van der Waals surface area contributed by atoms with Crippen LogP contribution in [0, 0.1) is 13.8 Å². The first-order chi connectivity index (χ1) is 9.56. The first-order valence-corrected chi connectivity index (χ1v) is 8.08. The second-order valence-electron chi connectivity index (χ2n) is 4.77. The highest BCUT2D eigenvalue weighted by atomic mass is 32.1. The van der Waals surface area contributed by atoms with Gasteiger partial charge in [0.1, 0.15) is 5.52 Å². The quantitative estimate of drug-likeness (QED) is 0.714. The maximum absolute atomic E-state index is 6.20. The molecule has 2 aromatic heterocycles. The Bertz CT molecular complexity index is 760. The van der Waals surface area contributed by atoms with Gasteiger partial charge in [-0.25, -0.2) is 9.97 Å². The lowest BCUT2D eigenvalue weighted by Crippen LogP contribution is -2.08. The lowest BCUT2D eigenvalue weighted by molar-refractivity contribution is 0.891. The third-order valence-corrected chi connectivity index (χ3v) is 5.30. The van der Waals surface area contributed by atoms with Crippen LogP contribution >= 0.6 is 22.7 Å². The Morgan fingerprint density at radius 2 is 2.10 bits per heavy atom. The van der Waals surface area contributed by atoms with Crippen LogP contribution in [-0.2, 0) is 0 Å². The summed E-state index contributed by atoms with van der Waals surface area (Å²) in [5.41, 5.74) is 11.6. The summed E-state index contributed by atoms with van der Waals surface area (Å²) in [4.78, 5) is 10.0. The van der Waals surface area contributed by atoms with Gasteiger partial charge in [0.25, 0.3) is 0 Å². The molecule has 0 spiro atoms. The Labute approximate surface area is 125 Å². The molecule has 20 heavy (non-hydrogen) atoms. The van der Waals surface area contributed by atoms with E-state index in [0.717, 1.165) is 32.3 Å².